The fourth-order valence-electron chi connectivity index (χ4n) is 0.995. The van der Waals surface area contributed by atoms with Crippen molar-refractivity contribution < 1.29 is 4.79 Å². The fourth-order valence-corrected chi connectivity index (χ4v) is 1.26. The van der Waals surface area contributed by atoms with Gasteiger partial charge in [0, 0.05) is 17.2 Å². The number of hydrogen-bond acceptors (Lipinski definition) is 1. The summed E-state index contributed by atoms with van der Waals surface area (Å²) in [6.07, 6.45) is 3.36. The van der Waals surface area contributed by atoms with Crippen molar-refractivity contribution >= 4 is 22.0 Å². The van der Waals surface area contributed by atoms with Crippen LogP contribution in [0.5, 0.6) is 0 Å². The maximum Gasteiger partial charge on any atom is 0.319 e. The summed E-state index contributed by atoms with van der Waals surface area (Å²) in [6, 6.07) is 7.61. The summed E-state index contributed by atoms with van der Waals surface area (Å²) >= 11 is 3.35. The van der Waals surface area contributed by atoms with Gasteiger partial charge in [0.2, 0.25) is 0 Å². The fraction of sp³-hybridized carbons (Fsp3) is 0.182. The summed E-state index contributed by atoms with van der Waals surface area (Å²) < 4.78 is 1.03. The Labute approximate surface area is 97.7 Å². The Kier molecular flexibility index (Phi) is 4.90. The molecule has 0 unspecified atom stereocenters. The lowest BCUT2D eigenvalue weighted by Crippen LogP contribution is -2.31. The van der Waals surface area contributed by atoms with E-state index in [9.17, 15) is 4.79 Å². The number of hydrogen-bond donors (Lipinski definition) is 2. The number of allylic oxidation sites excluding steroid dienone is 1. The first-order chi connectivity index (χ1) is 7.22. The average molecular weight is 269 g/mol. The number of rotatable bonds is 3. The van der Waals surface area contributed by atoms with Gasteiger partial charge in [0.25, 0.3) is 0 Å². The van der Waals surface area contributed by atoms with Crippen LogP contribution in [0.4, 0.5) is 4.79 Å². The average Bonchev–Trinajstić information content (AvgIpc) is 2.25. The van der Waals surface area contributed by atoms with Gasteiger partial charge in [-0.2, -0.15) is 0 Å². The Morgan fingerprint density at radius 1 is 1.40 bits per heavy atom. The summed E-state index contributed by atoms with van der Waals surface area (Å²) in [5.41, 5.74) is 1.06. The van der Waals surface area contributed by atoms with E-state index >= 15 is 0 Å². The van der Waals surface area contributed by atoms with Crippen LogP contribution in [0.3, 0.4) is 0 Å². The molecule has 0 spiro atoms. The predicted molar refractivity (Wildman–Crippen MR) is 64.3 cm³/mol. The quantitative estimate of drug-likeness (QED) is 0.870. The zero-order valence-electron chi connectivity index (χ0n) is 8.46. The molecule has 1 aromatic rings. The minimum atomic E-state index is -0.198. The second-order valence-electron chi connectivity index (χ2n) is 2.95. The molecule has 0 aliphatic rings. The number of halogens is 1. The van der Waals surface area contributed by atoms with Crippen molar-refractivity contribution in [3.63, 3.8) is 0 Å². The minimum absolute atomic E-state index is 0.198. The lowest BCUT2D eigenvalue weighted by atomic mass is 10.2. The topological polar surface area (TPSA) is 41.1 Å². The van der Waals surface area contributed by atoms with Gasteiger partial charge in [0.05, 0.1) is 0 Å². The van der Waals surface area contributed by atoms with E-state index in [1.54, 1.807) is 12.3 Å². The first kappa shape index (κ1) is 11.8. The highest BCUT2D eigenvalue weighted by Gasteiger charge is 1.97. The summed E-state index contributed by atoms with van der Waals surface area (Å²) in [6.45, 7) is 2.37. The molecule has 0 fully saturated rings. The molecule has 0 aromatic heterocycles. The molecule has 2 N–H and O–H groups in total. The normalized spacial score (nSPS) is 10.3. The molecule has 0 heterocycles. The van der Waals surface area contributed by atoms with Gasteiger partial charge in [-0.15, -0.1) is 0 Å². The van der Waals surface area contributed by atoms with Crippen molar-refractivity contribution in [2.24, 2.45) is 0 Å². The van der Waals surface area contributed by atoms with Crippen LogP contribution in [-0.4, -0.2) is 6.03 Å². The summed E-state index contributed by atoms with van der Waals surface area (Å²) in [5.74, 6) is 0. The van der Waals surface area contributed by atoms with Crippen LogP contribution >= 0.6 is 15.9 Å². The molecule has 1 rings (SSSR count). The van der Waals surface area contributed by atoms with Crippen LogP contribution in [-0.2, 0) is 6.54 Å². The summed E-state index contributed by atoms with van der Waals surface area (Å²) in [7, 11) is 0. The highest BCUT2D eigenvalue weighted by Crippen LogP contribution is 2.09. The second-order valence-corrected chi connectivity index (χ2v) is 3.87. The van der Waals surface area contributed by atoms with E-state index in [-0.39, 0.29) is 6.03 Å². The van der Waals surface area contributed by atoms with Crippen LogP contribution in [0, 0.1) is 0 Å². The van der Waals surface area contributed by atoms with Crippen LogP contribution in [0.15, 0.2) is 41.0 Å². The lowest BCUT2D eigenvalue weighted by Gasteiger charge is -2.04. The Bertz CT molecular complexity index is 346. The van der Waals surface area contributed by atoms with E-state index in [0.29, 0.717) is 6.54 Å². The zero-order valence-corrected chi connectivity index (χ0v) is 10.0. The standard InChI is InChI=1S/C11H13BrN2O/c1-2-7-13-11(15)14-8-9-3-5-10(12)6-4-9/h2-7H,8H2,1H3,(H2,13,14,15)/b7-2+. The molecule has 80 valence electrons. The molecule has 0 aliphatic carbocycles. The number of benzene rings is 1. The van der Waals surface area contributed by atoms with Crippen LogP contribution in [0.1, 0.15) is 12.5 Å². The third-order valence-corrected chi connectivity index (χ3v) is 2.28. The van der Waals surface area contributed by atoms with Crippen molar-refractivity contribution in [2.45, 2.75) is 13.5 Å². The van der Waals surface area contributed by atoms with Gasteiger partial charge >= 0.3 is 6.03 Å². The van der Waals surface area contributed by atoms with Crippen molar-refractivity contribution in [1.82, 2.24) is 10.6 Å². The van der Waals surface area contributed by atoms with Crippen LogP contribution < -0.4 is 10.6 Å². The summed E-state index contributed by atoms with van der Waals surface area (Å²) in [5, 5.41) is 5.31. The Morgan fingerprint density at radius 2 is 2.07 bits per heavy atom. The van der Waals surface area contributed by atoms with Gasteiger partial charge in [-0.25, -0.2) is 4.79 Å². The number of carbonyl (C=O) groups excluding carboxylic acids is 1. The predicted octanol–water partition coefficient (Wildman–Crippen LogP) is 2.78. The first-order valence-electron chi connectivity index (χ1n) is 4.62. The highest BCUT2D eigenvalue weighted by molar-refractivity contribution is 9.10. The van der Waals surface area contributed by atoms with Gasteiger partial charge in [0.15, 0.2) is 0 Å². The molecular weight excluding hydrogens is 256 g/mol. The van der Waals surface area contributed by atoms with Gasteiger partial charge in [-0.05, 0) is 24.6 Å². The monoisotopic (exact) mass is 268 g/mol. The highest BCUT2D eigenvalue weighted by atomic mass is 79.9. The molecule has 0 radical (unpaired) electrons. The van der Waals surface area contributed by atoms with Gasteiger partial charge in [-0.3, -0.25) is 0 Å². The maximum absolute atomic E-state index is 11.2. The van der Waals surface area contributed by atoms with E-state index in [1.165, 1.54) is 0 Å². The van der Waals surface area contributed by atoms with Crippen molar-refractivity contribution in [3.05, 3.63) is 46.6 Å². The number of urea groups is 1. The largest absolute Gasteiger partial charge is 0.334 e. The number of carbonyl (C=O) groups is 1. The number of amides is 2. The molecule has 4 heteroatoms. The molecule has 0 saturated carbocycles. The molecular formula is C11H13BrN2O. The van der Waals surface area contributed by atoms with E-state index in [0.717, 1.165) is 10.0 Å². The molecule has 0 bridgehead atoms. The molecule has 3 nitrogen and oxygen atoms in total. The second kappa shape index (κ2) is 6.24. The molecule has 2 amide bonds. The van der Waals surface area contributed by atoms with Crippen LogP contribution in [0.25, 0.3) is 0 Å². The Balaban J connectivity index is 2.37. The van der Waals surface area contributed by atoms with Crippen molar-refractivity contribution in [2.75, 3.05) is 0 Å². The molecule has 0 atom stereocenters. The van der Waals surface area contributed by atoms with Crippen molar-refractivity contribution in [3.8, 4) is 0 Å². The Morgan fingerprint density at radius 3 is 2.67 bits per heavy atom. The molecule has 0 aliphatic heterocycles. The zero-order chi connectivity index (χ0) is 11.1. The van der Waals surface area contributed by atoms with Gasteiger partial charge in [-0.1, -0.05) is 34.1 Å². The third-order valence-electron chi connectivity index (χ3n) is 1.75. The van der Waals surface area contributed by atoms with E-state index < -0.39 is 0 Å². The van der Waals surface area contributed by atoms with Crippen LogP contribution in [0.2, 0.25) is 0 Å². The van der Waals surface area contributed by atoms with E-state index in [1.807, 2.05) is 31.2 Å². The van der Waals surface area contributed by atoms with E-state index in [2.05, 4.69) is 26.6 Å². The smallest absolute Gasteiger partial charge is 0.319 e. The lowest BCUT2D eigenvalue weighted by molar-refractivity contribution is 0.243. The summed E-state index contributed by atoms with van der Waals surface area (Å²) in [4.78, 5) is 11.2. The molecule has 15 heavy (non-hydrogen) atoms. The SMILES string of the molecule is C/C=C/NC(=O)NCc1ccc(Br)cc1. The molecule has 0 saturated heterocycles. The number of nitrogens with one attached hydrogen (secondary N) is 2. The van der Waals surface area contributed by atoms with Gasteiger partial charge in [0.1, 0.15) is 0 Å². The minimum Gasteiger partial charge on any atom is -0.334 e. The first-order valence-corrected chi connectivity index (χ1v) is 5.41. The van der Waals surface area contributed by atoms with E-state index in [4.69, 9.17) is 0 Å². The third kappa shape index (κ3) is 4.65. The van der Waals surface area contributed by atoms with Crippen molar-refractivity contribution in [1.29, 1.82) is 0 Å². The van der Waals surface area contributed by atoms with Gasteiger partial charge < -0.3 is 10.6 Å². The molecule has 1 aromatic carbocycles. The maximum atomic E-state index is 11.2. The Hall–Kier alpha value is -1.29.